The van der Waals surface area contributed by atoms with Crippen LogP contribution in [0.1, 0.15) is 29.5 Å². The number of carbonyl (C=O) groups is 1. The van der Waals surface area contributed by atoms with Gasteiger partial charge in [0.25, 0.3) is 0 Å². The molecule has 6 nitrogen and oxygen atoms in total. The third kappa shape index (κ3) is 3.85. The van der Waals surface area contributed by atoms with E-state index in [2.05, 4.69) is 16.7 Å². The molecule has 3 aromatic rings. The van der Waals surface area contributed by atoms with Crippen LogP contribution in [-0.2, 0) is 4.79 Å². The molecule has 0 unspecified atom stereocenters. The first kappa shape index (κ1) is 21.9. The lowest BCUT2D eigenvalue weighted by Gasteiger charge is -2.33. The number of allylic oxidation sites excluding steroid dienone is 1. The van der Waals surface area contributed by atoms with Crippen molar-refractivity contribution in [1.29, 1.82) is 0 Å². The van der Waals surface area contributed by atoms with Crippen LogP contribution in [0.3, 0.4) is 0 Å². The standard InChI is InChI=1S/C28H28N2O4/c1-32-19-13-11-17(12-14-19)18-15-23-26(24(31)16-18)27(30-22-9-5-4-8-21(22)29-23)20-7-6-10-25(33-2)28(20)34-3/h4-15,18,26-27,29-30H,16H2,1-3H3/t18-,26-,27+/m0/s1. The number of methoxy groups -OCH3 is 3. The van der Waals surface area contributed by atoms with E-state index in [1.807, 2.05) is 66.7 Å². The summed E-state index contributed by atoms with van der Waals surface area (Å²) in [6, 6.07) is 21.4. The Hall–Kier alpha value is -3.93. The number of Topliss-reactive ketones (excluding diaryl/α,β-unsaturated/α-hetero) is 1. The Kier molecular flexibility index (Phi) is 5.88. The van der Waals surface area contributed by atoms with Gasteiger partial charge in [0, 0.05) is 23.6 Å². The molecule has 34 heavy (non-hydrogen) atoms. The van der Waals surface area contributed by atoms with Gasteiger partial charge in [-0.1, -0.05) is 42.5 Å². The molecular weight excluding hydrogens is 428 g/mol. The Morgan fingerprint density at radius 3 is 2.29 bits per heavy atom. The summed E-state index contributed by atoms with van der Waals surface area (Å²) in [5.74, 6) is 1.81. The van der Waals surface area contributed by atoms with Crippen molar-refractivity contribution in [2.75, 3.05) is 32.0 Å². The van der Waals surface area contributed by atoms with Crippen LogP contribution in [-0.4, -0.2) is 27.1 Å². The van der Waals surface area contributed by atoms with Crippen molar-refractivity contribution in [3.8, 4) is 17.2 Å². The number of ketones is 1. The number of hydrogen-bond donors (Lipinski definition) is 2. The fourth-order valence-corrected chi connectivity index (χ4v) is 4.99. The summed E-state index contributed by atoms with van der Waals surface area (Å²) in [5, 5.41) is 7.19. The first-order valence-electron chi connectivity index (χ1n) is 11.3. The maximum Gasteiger partial charge on any atom is 0.166 e. The van der Waals surface area contributed by atoms with Gasteiger partial charge in [0.15, 0.2) is 11.5 Å². The second-order valence-corrected chi connectivity index (χ2v) is 8.53. The van der Waals surface area contributed by atoms with Crippen molar-refractivity contribution in [2.24, 2.45) is 5.92 Å². The lowest BCUT2D eigenvalue weighted by Crippen LogP contribution is -2.34. The van der Waals surface area contributed by atoms with Gasteiger partial charge in [-0.15, -0.1) is 0 Å². The van der Waals surface area contributed by atoms with Crippen LogP contribution >= 0.6 is 0 Å². The molecule has 0 aromatic heterocycles. The molecule has 1 aliphatic carbocycles. The van der Waals surface area contributed by atoms with Gasteiger partial charge >= 0.3 is 0 Å². The highest BCUT2D eigenvalue weighted by Crippen LogP contribution is 2.47. The highest BCUT2D eigenvalue weighted by molar-refractivity contribution is 5.90. The van der Waals surface area contributed by atoms with Crippen molar-refractivity contribution >= 4 is 17.2 Å². The molecule has 174 valence electrons. The normalized spacial score (nSPS) is 21.1. The molecule has 3 atom stereocenters. The highest BCUT2D eigenvalue weighted by atomic mass is 16.5. The molecular formula is C28H28N2O4. The molecule has 0 fully saturated rings. The first-order chi connectivity index (χ1) is 16.6. The SMILES string of the molecule is COc1ccc([C@H]2C=C3Nc4ccccc4N[C@H](c4cccc(OC)c4OC)[C@@H]3C(=O)C2)cc1. The van der Waals surface area contributed by atoms with Gasteiger partial charge in [0.1, 0.15) is 11.5 Å². The molecule has 0 spiro atoms. The summed E-state index contributed by atoms with van der Waals surface area (Å²) >= 11 is 0. The molecule has 0 amide bonds. The number of fused-ring (bicyclic) bond motifs is 2. The number of anilines is 2. The molecule has 2 N–H and O–H groups in total. The smallest absolute Gasteiger partial charge is 0.166 e. The second-order valence-electron chi connectivity index (χ2n) is 8.53. The summed E-state index contributed by atoms with van der Waals surface area (Å²) in [5.41, 5.74) is 4.73. The van der Waals surface area contributed by atoms with Crippen molar-refractivity contribution in [2.45, 2.75) is 18.4 Å². The highest BCUT2D eigenvalue weighted by Gasteiger charge is 2.41. The van der Waals surface area contributed by atoms with E-state index >= 15 is 0 Å². The van der Waals surface area contributed by atoms with Crippen molar-refractivity contribution in [3.05, 3.63) is 89.6 Å². The predicted molar refractivity (Wildman–Crippen MR) is 133 cm³/mol. The minimum absolute atomic E-state index is 0.0183. The van der Waals surface area contributed by atoms with E-state index < -0.39 is 5.92 Å². The molecule has 0 radical (unpaired) electrons. The average molecular weight is 457 g/mol. The van der Waals surface area contributed by atoms with Crippen LogP contribution in [0.25, 0.3) is 0 Å². The number of para-hydroxylation sites is 3. The zero-order valence-corrected chi connectivity index (χ0v) is 19.5. The van der Waals surface area contributed by atoms with Gasteiger partial charge in [0.2, 0.25) is 0 Å². The first-order valence-corrected chi connectivity index (χ1v) is 11.3. The van der Waals surface area contributed by atoms with E-state index in [0.717, 1.165) is 33.9 Å². The topological polar surface area (TPSA) is 68.8 Å². The van der Waals surface area contributed by atoms with Gasteiger partial charge in [-0.2, -0.15) is 0 Å². The van der Waals surface area contributed by atoms with E-state index in [1.165, 1.54) is 0 Å². The maximum absolute atomic E-state index is 13.8. The zero-order valence-electron chi connectivity index (χ0n) is 19.5. The number of ether oxygens (including phenoxy) is 3. The lowest BCUT2D eigenvalue weighted by molar-refractivity contribution is -0.122. The average Bonchev–Trinajstić information content (AvgIpc) is 3.05. The van der Waals surface area contributed by atoms with E-state index in [4.69, 9.17) is 14.2 Å². The minimum atomic E-state index is -0.400. The molecule has 0 bridgehead atoms. The van der Waals surface area contributed by atoms with Crippen molar-refractivity contribution in [3.63, 3.8) is 0 Å². The number of carbonyl (C=O) groups excluding carboxylic acids is 1. The summed E-state index contributed by atoms with van der Waals surface area (Å²) in [6.45, 7) is 0. The fraction of sp³-hybridized carbons (Fsp3) is 0.250. The predicted octanol–water partition coefficient (Wildman–Crippen LogP) is 5.55. The number of nitrogens with one attached hydrogen (secondary N) is 2. The van der Waals surface area contributed by atoms with Gasteiger partial charge in [0.05, 0.1) is 44.7 Å². The zero-order chi connectivity index (χ0) is 23.7. The van der Waals surface area contributed by atoms with Crippen molar-refractivity contribution in [1.82, 2.24) is 0 Å². The Bertz CT molecular complexity index is 1240. The van der Waals surface area contributed by atoms with Gasteiger partial charge in [-0.05, 0) is 35.9 Å². The molecule has 1 aliphatic heterocycles. The number of rotatable bonds is 5. The molecule has 2 aliphatic rings. The van der Waals surface area contributed by atoms with E-state index in [-0.39, 0.29) is 17.7 Å². The molecule has 6 heteroatoms. The molecule has 5 rings (SSSR count). The van der Waals surface area contributed by atoms with E-state index in [0.29, 0.717) is 17.9 Å². The lowest BCUT2D eigenvalue weighted by atomic mass is 9.76. The van der Waals surface area contributed by atoms with Crippen LogP contribution in [0.5, 0.6) is 17.2 Å². The molecule has 0 saturated heterocycles. The monoisotopic (exact) mass is 456 g/mol. The Balaban J connectivity index is 1.63. The van der Waals surface area contributed by atoms with Gasteiger partial charge < -0.3 is 24.8 Å². The van der Waals surface area contributed by atoms with Crippen molar-refractivity contribution < 1.29 is 19.0 Å². The number of hydrogen-bond acceptors (Lipinski definition) is 6. The molecule has 1 heterocycles. The van der Waals surface area contributed by atoms with Crippen LogP contribution in [0.4, 0.5) is 11.4 Å². The summed E-state index contributed by atoms with van der Waals surface area (Å²) in [4.78, 5) is 13.8. The van der Waals surface area contributed by atoms with E-state index in [1.54, 1.807) is 21.3 Å². The van der Waals surface area contributed by atoms with Crippen LogP contribution in [0.15, 0.2) is 78.5 Å². The Morgan fingerprint density at radius 2 is 1.59 bits per heavy atom. The third-order valence-corrected chi connectivity index (χ3v) is 6.65. The summed E-state index contributed by atoms with van der Waals surface area (Å²) in [7, 11) is 4.90. The minimum Gasteiger partial charge on any atom is -0.497 e. The summed E-state index contributed by atoms with van der Waals surface area (Å²) in [6.07, 6.45) is 2.61. The van der Waals surface area contributed by atoms with Crippen LogP contribution < -0.4 is 24.8 Å². The Labute approximate surface area is 199 Å². The van der Waals surface area contributed by atoms with E-state index in [9.17, 15) is 4.79 Å². The van der Waals surface area contributed by atoms with Gasteiger partial charge in [-0.3, -0.25) is 4.79 Å². The molecule has 3 aromatic carbocycles. The quantitative estimate of drug-likeness (QED) is 0.525. The summed E-state index contributed by atoms with van der Waals surface area (Å²) < 4.78 is 16.6. The van der Waals surface area contributed by atoms with Crippen LogP contribution in [0, 0.1) is 5.92 Å². The Morgan fingerprint density at radius 1 is 0.824 bits per heavy atom. The second kappa shape index (κ2) is 9.14. The maximum atomic E-state index is 13.8. The van der Waals surface area contributed by atoms with Crippen LogP contribution in [0.2, 0.25) is 0 Å². The van der Waals surface area contributed by atoms with Gasteiger partial charge in [-0.25, -0.2) is 0 Å². The molecule has 0 saturated carbocycles. The fourth-order valence-electron chi connectivity index (χ4n) is 4.99. The largest absolute Gasteiger partial charge is 0.497 e. The third-order valence-electron chi connectivity index (χ3n) is 6.65. The number of benzene rings is 3.